The first-order chi connectivity index (χ1) is 14.1. The number of rotatable bonds is 6. The fourth-order valence-electron chi connectivity index (χ4n) is 2.64. The van der Waals surface area contributed by atoms with Crippen LogP contribution in [0.2, 0.25) is 0 Å². The number of hydrogen-bond donors (Lipinski definition) is 0. The van der Waals surface area contributed by atoms with Gasteiger partial charge in [-0.15, -0.1) is 36.5 Å². The van der Waals surface area contributed by atoms with Gasteiger partial charge in [0.1, 0.15) is 0 Å². The average Bonchev–Trinajstić information content (AvgIpc) is 2.69. The molecule has 0 N–H and O–H groups in total. The first kappa shape index (κ1) is 36.0. The van der Waals surface area contributed by atoms with E-state index >= 15 is 0 Å². The van der Waals surface area contributed by atoms with Crippen LogP contribution < -0.4 is 15.3 Å². The molecule has 0 saturated carbocycles. The Morgan fingerprint density at radius 3 is 0.969 bits per heavy atom. The van der Waals surface area contributed by atoms with Gasteiger partial charge in [0.2, 0.25) is 0 Å². The summed E-state index contributed by atoms with van der Waals surface area (Å²) in [4.78, 5) is 0. The summed E-state index contributed by atoms with van der Waals surface area (Å²) in [7, 11) is 0. The SMILES string of the molecule is C=CCC(C)(C)[O-].C=CCC(C)(C)[O-].C=CCC(C)(C)[O-].CC1=C(C)C(C)(C)[C]([Hf+3])=C1C. The van der Waals surface area contributed by atoms with E-state index in [9.17, 15) is 15.3 Å². The van der Waals surface area contributed by atoms with E-state index in [1.807, 2.05) is 0 Å². The van der Waals surface area contributed by atoms with Crippen molar-refractivity contribution in [2.24, 2.45) is 5.41 Å². The topological polar surface area (TPSA) is 69.2 Å². The fourth-order valence-corrected chi connectivity index (χ4v) is 3.98. The van der Waals surface area contributed by atoms with E-state index in [-0.39, 0.29) is 0 Å². The quantitative estimate of drug-likeness (QED) is 0.303. The van der Waals surface area contributed by atoms with Crippen molar-refractivity contribution in [3.05, 3.63) is 58.0 Å². The molecule has 32 heavy (non-hydrogen) atoms. The van der Waals surface area contributed by atoms with E-state index in [4.69, 9.17) is 0 Å². The summed E-state index contributed by atoms with van der Waals surface area (Å²) in [6.07, 6.45) is 6.58. The molecule has 182 valence electrons. The van der Waals surface area contributed by atoms with Crippen molar-refractivity contribution in [1.29, 1.82) is 0 Å². The summed E-state index contributed by atoms with van der Waals surface area (Å²) < 4.78 is 1.67. The Balaban J connectivity index is -0.000000361. The number of hydrogen-bond acceptors (Lipinski definition) is 3. The monoisotopic (exact) mass is 612 g/mol. The van der Waals surface area contributed by atoms with E-state index in [0.717, 1.165) is 0 Å². The van der Waals surface area contributed by atoms with Gasteiger partial charge in [-0.2, -0.15) is 0 Å². The third-order valence-electron chi connectivity index (χ3n) is 4.97. The molecular formula is C28H48HfO3. The molecule has 0 atom stereocenters. The molecule has 0 saturated heterocycles. The summed E-state index contributed by atoms with van der Waals surface area (Å²) >= 11 is 1.21. The van der Waals surface area contributed by atoms with Crippen LogP contribution in [0.25, 0.3) is 0 Å². The van der Waals surface area contributed by atoms with Gasteiger partial charge in [0, 0.05) is 0 Å². The van der Waals surface area contributed by atoms with Gasteiger partial charge in [-0.25, -0.2) is 0 Å². The van der Waals surface area contributed by atoms with E-state index in [1.54, 1.807) is 74.2 Å². The van der Waals surface area contributed by atoms with Gasteiger partial charge in [-0.1, -0.05) is 59.8 Å². The van der Waals surface area contributed by atoms with Crippen LogP contribution >= 0.6 is 0 Å². The molecule has 1 rings (SSSR count). The normalized spacial score (nSPS) is 15.5. The molecular weight excluding hydrogens is 563 g/mol. The minimum absolute atomic E-state index is 0.375. The van der Waals surface area contributed by atoms with Crippen LogP contribution in [0.4, 0.5) is 0 Å². The predicted molar refractivity (Wildman–Crippen MR) is 132 cm³/mol. The van der Waals surface area contributed by atoms with Crippen LogP contribution in [0.3, 0.4) is 0 Å². The zero-order valence-corrected chi connectivity index (χ0v) is 26.3. The molecule has 1 aliphatic carbocycles. The first-order valence-electron chi connectivity index (χ1n) is 11.1. The molecule has 0 aromatic rings. The molecule has 4 heteroatoms. The molecule has 1 aliphatic rings. The third-order valence-corrected chi connectivity index (χ3v) is 8.56. The molecule has 0 aromatic heterocycles. The zero-order valence-electron chi connectivity index (χ0n) is 22.7. The Morgan fingerprint density at radius 1 is 0.688 bits per heavy atom. The Labute approximate surface area is 214 Å². The van der Waals surface area contributed by atoms with Crippen LogP contribution in [0.5, 0.6) is 0 Å². The van der Waals surface area contributed by atoms with Crippen molar-refractivity contribution < 1.29 is 39.7 Å². The van der Waals surface area contributed by atoms with E-state index in [1.165, 1.54) is 29.9 Å². The van der Waals surface area contributed by atoms with Gasteiger partial charge in [-0.3, -0.25) is 0 Å². The van der Waals surface area contributed by atoms with Gasteiger partial charge >= 0.3 is 84.5 Å². The first-order valence-corrected chi connectivity index (χ1v) is 12.9. The molecule has 0 heterocycles. The van der Waals surface area contributed by atoms with Gasteiger partial charge in [-0.05, 0) is 19.3 Å². The molecule has 0 radical (unpaired) electrons. The molecule has 0 aliphatic heterocycles. The van der Waals surface area contributed by atoms with Crippen molar-refractivity contribution >= 4 is 0 Å². The van der Waals surface area contributed by atoms with Crippen LogP contribution in [0.15, 0.2) is 58.0 Å². The Morgan fingerprint density at radius 2 is 0.938 bits per heavy atom. The summed E-state index contributed by atoms with van der Waals surface area (Å²) in [5, 5.41) is 31.9. The van der Waals surface area contributed by atoms with Crippen molar-refractivity contribution in [2.45, 2.75) is 112 Å². The second kappa shape index (κ2) is 15.4. The van der Waals surface area contributed by atoms with Crippen molar-refractivity contribution in [1.82, 2.24) is 0 Å². The second-order valence-corrected chi connectivity index (χ2v) is 12.4. The van der Waals surface area contributed by atoms with Crippen molar-refractivity contribution in [3.8, 4) is 0 Å². The average molecular weight is 611 g/mol. The van der Waals surface area contributed by atoms with Crippen molar-refractivity contribution in [2.75, 3.05) is 0 Å². The zero-order chi connectivity index (χ0) is 26.6. The Bertz CT molecular complexity index is 572. The van der Waals surface area contributed by atoms with Crippen LogP contribution in [0, 0.1) is 5.41 Å². The molecule has 0 bridgehead atoms. The molecule has 0 aromatic carbocycles. The maximum absolute atomic E-state index is 10.6. The predicted octanol–water partition coefficient (Wildman–Crippen LogP) is 5.29. The maximum atomic E-state index is 10.6. The van der Waals surface area contributed by atoms with Gasteiger partial charge in [0.15, 0.2) is 0 Å². The third kappa shape index (κ3) is 19.0. The molecule has 0 unspecified atom stereocenters. The van der Waals surface area contributed by atoms with E-state index < -0.39 is 16.8 Å². The fraction of sp³-hybridized carbons (Fsp3) is 0.643. The Hall–Kier alpha value is -0.550. The molecule has 3 nitrogen and oxygen atoms in total. The molecule has 0 amide bonds. The summed E-state index contributed by atoms with van der Waals surface area (Å²) in [6.45, 7) is 31.7. The van der Waals surface area contributed by atoms with Crippen molar-refractivity contribution in [3.63, 3.8) is 0 Å². The summed E-state index contributed by atoms with van der Waals surface area (Å²) in [6, 6.07) is 0. The van der Waals surface area contributed by atoms with Crippen LogP contribution in [0.1, 0.15) is 95.4 Å². The summed E-state index contributed by atoms with van der Waals surface area (Å²) in [5.74, 6) is 0. The number of allylic oxidation sites excluding steroid dienone is 4. The second-order valence-electron chi connectivity index (χ2n) is 10.6. The van der Waals surface area contributed by atoms with E-state index in [0.29, 0.717) is 24.7 Å². The van der Waals surface area contributed by atoms with Gasteiger partial charge < -0.3 is 15.3 Å². The van der Waals surface area contributed by atoms with Crippen LogP contribution in [-0.2, 0) is 24.4 Å². The molecule has 0 fully saturated rings. The summed E-state index contributed by atoms with van der Waals surface area (Å²) in [5.41, 5.74) is 2.57. The minimum atomic E-state index is -0.818. The standard InChI is InChI=1S/C10H15.3C6H11O.Hf/c1-7-6-10(4,5)9(3)8(7)2;3*1-4-5-6(2,3)7;/h1-5H3;3*4H,1,5H2,2-3H3;/q;3*-1;+3. The van der Waals surface area contributed by atoms with Gasteiger partial charge in [0.05, 0.1) is 0 Å². The van der Waals surface area contributed by atoms with E-state index in [2.05, 4.69) is 54.4 Å². The molecule has 0 spiro atoms. The Kier molecular flexibility index (Phi) is 17.3. The van der Waals surface area contributed by atoms with Crippen LogP contribution in [-0.4, -0.2) is 16.8 Å². The van der Waals surface area contributed by atoms with Gasteiger partial charge in [0.25, 0.3) is 0 Å².